The summed E-state index contributed by atoms with van der Waals surface area (Å²) in [4.78, 5) is 25.5. The maximum Gasteiger partial charge on any atom is 0.306 e. The van der Waals surface area contributed by atoms with Crippen LogP contribution in [-0.2, 0) is 23.8 Å². The Morgan fingerprint density at radius 1 is 0.329 bits per heavy atom. The van der Waals surface area contributed by atoms with Crippen molar-refractivity contribution in [2.24, 2.45) is 0 Å². The lowest BCUT2D eigenvalue weighted by atomic mass is 10.1. The molecule has 0 aromatic carbocycles. The largest absolute Gasteiger partial charge is 0.462 e. The molecule has 0 rings (SSSR count). The van der Waals surface area contributed by atoms with Crippen molar-refractivity contribution in [3.63, 3.8) is 0 Å². The van der Waals surface area contributed by atoms with Crippen LogP contribution in [0.4, 0.5) is 0 Å². The van der Waals surface area contributed by atoms with Gasteiger partial charge in [0.15, 0.2) is 6.10 Å². The van der Waals surface area contributed by atoms with E-state index < -0.39 is 6.10 Å². The molecule has 5 nitrogen and oxygen atoms in total. The minimum Gasteiger partial charge on any atom is -0.462 e. The Morgan fingerprint density at radius 2 is 0.657 bits per heavy atom. The number of allylic oxidation sites excluding steroid dienone is 20. The van der Waals surface area contributed by atoms with E-state index in [-0.39, 0.29) is 25.2 Å². The van der Waals surface area contributed by atoms with Gasteiger partial charge in [-0.05, 0) is 122 Å². The van der Waals surface area contributed by atoms with Gasteiger partial charge in [0.05, 0.1) is 6.61 Å². The van der Waals surface area contributed by atoms with E-state index in [4.69, 9.17) is 14.2 Å². The number of carbonyl (C=O) groups is 2. The Kier molecular flexibility index (Phi) is 56.5. The number of ether oxygens (including phenoxy) is 3. The number of esters is 2. The first-order chi connectivity index (χ1) is 34.6. The summed E-state index contributed by atoms with van der Waals surface area (Å²) in [5.74, 6) is -0.476. The minimum absolute atomic E-state index is 0.0507. The predicted molar refractivity (Wildman–Crippen MR) is 306 cm³/mol. The molecule has 0 aromatic rings. The van der Waals surface area contributed by atoms with Crippen LogP contribution in [-0.4, -0.2) is 37.9 Å². The molecule has 0 heterocycles. The van der Waals surface area contributed by atoms with E-state index in [2.05, 4.69) is 142 Å². The number of rotatable bonds is 52. The third-order valence-electron chi connectivity index (χ3n) is 12.0. The number of unbranched alkanes of at least 4 members (excludes halogenated alkanes) is 21. The van der Waals surface area contributed by atoms with Crippen LogP contribution in [0.25, 0.3) is 0 Å². The zero-order valence-electron chi connectivity index (χ0n) is 45.7. The zero-order chi connectivity index (χ0) is 50.6. The lowest BCUT2D eigenvalue weighted by Crippen LogP contribution is -2.30. The van der Waals surface area contributed by atoms with Gasteiger partial charge in [-0.25, -0.2) is 0 Å². The van der Waals surface area contributed by atoms with Gasteiger partial charge in [0.1, 0.15) is 6.61 Å². The molecule has 70 heavy (non-hydrogen) atoms. The Morgan fingerprint density at radius 3 is 1.07 bits per heavy atom. The van der Waals surface area contributed by atoms with Gasteiger partial charge in [0, 0.05) is 19.4 Å². The molecule has 0 saturated carbocycles. The molecule has 0 aliphatic carbocycles. The van der Waals surface area contributed by atoms with Crippen LogP contribution in [0.2, 0.25) is 0 Å². The van der Waals surface area contributed by atoms with E-state index in [0.29, 0.717) is 19.4 Å². The predicted octanol–water partition coefficient (Wildman–Crippen LogP) is 20.1. The van der Waals surface area contributed by atoms with E-state index >= 15 is 0 Å². The minimum atomic E-state index is -0.581. The quantitative estimate of drug-likeness (QED) is 0.0345. The molecule has 0 N–H and O–H groups in total. The molecule has 0 radical (unpaired) electrons. The topological polar surface area (TPSA) is 61.8 Å². The van der Waals surface area contributed by atoms with Gasteiger partial charge >= 0.3 is 11.9 Å². The highest BCUT2D eigenvalue weighted by molar-refractivity contribution is 5.70. The van der Waals surface area contributed by atoms with E-state index in [0.717, 1.165) is 103 Å². The van der Waals surface area contributed by atoms with Crippen LogP contribution in [0, 0.1) is 0 Å². The van der Waals surface area contributed by atoms with Crippen LogP contribution in [0.15, 0.2) is 122 Å². The molecule has 0 aliphatic rings. The molecule has 5 heteroatoms. The normalized spacial score (nSPS) is 13.1. The fourth-order valence-corrected chi connectivity index (χ4v) is 7.71. The van der Waals surface area contributed by atoms with Gasteiger partial charge < -0.3 is 14.2 Å². The highest BCUT2D eigenvalue weighted by Crippen LogP contribution is 2.14. The van der Waals surface area contributed by atoms with Crippen molar-refractivity contribution in [2.75, 3.05) is 19.8 Å². The second kappa shape index (κ2) is 59.6. The van der Waals surface area contributed by atoms with Gasteiger partial charge in [-0.3, -0.25) is 9.59 Å². The van der Waals surface area contributed by atoms with Crippen molar-refractivity contribution < 1.29 is 23.8 Å². The van der Waals surface area contributed by atoms with Crippen LogP contribution in [0.5, 0.6) is 0 Å². The zero-order valence-corrected chi connectivity index (χ0v) is 45.7. The second-order valence-electron chi connectivity index (χ2n) is 18.8. The SMILES string of the molecule is CC/C=C\C/C=C\C/C=C\C/C=C\C/C=C\CCCC(=O)OC(COCCCCCCCCCC/C=C\C/C=C\C/C=C\CC)COC(=O)CCCCCCCCCCC/C=C\C/C=C\CCCCC. The molecule has 0 aromatic heterocycles. The Balaban J connectivity index is 4.39. The lowest BCUT2D eigenvalue weighted by molar-refractivity contribution is -0.162. The summed E-state index contributed by atoms with van der Waals surface area (Å²) in [6, 6.07) is 0. The molecule has 0 bridgehead atoms. The first-order valence-corrected chi connectivity index (χ1v) is 29.1. The van der Waals surface area contributed by atoms with Crippen molar-refractivity contribution in [3.8, 4) is 0 Å². The molecule has 1 atom stereocenters. The monoisotopic (exact) mass is 969 g/mol. The average molecular weight is 970 g/mol. The van der Waals surface area contributed by atoms with Gasteiger partial charge in [-0.15, -0.1) is 0 Å². The van der Waals surface area contributed by atoms with Crippen LogP contribution < -0.4 is 0 Å². The molecule has 398 valence electrons. The van der Waals surface area contributed by atoms with Crippen molar-refractivity contribution in [1.29, 1.82) is 0 Å². The first-order valence-electron chi connectivity index (χ1n) is 29.1. The first kappa shape index (κ1) is 66.3. The van der Waals surface area contributed by atoms with Crippen molar-refractivity contribution in [3.05, 3.63) is 122 Å². The molecule has 1 unspecified atom stereocenters. The van der Waals surface area contributed by atoms with Gasteiger partial charge in [-0.1, -0.05) is 239 Å². The van der Waals surface area contributed by atoms with Gasteiger partial charge in [-0.2, -0.15) is 0 Å². The standard InChI is InChI=1S/C65H108O5/c1-4-7-10-13-16-19-22-25-28-31-33-35-37-40-43-46-49-52-55-58-64(66)69-62-63(61-68-60-57-54-51-48-45-42-39-36-32-29-26-23-20-17-14-11-8-5-2)70-65(67)59-56-53-50-47-44-41-38-34-30-27-24-21-18-15-12-9-6-3/h8-9,11-12,16-21,25-30,38,41,47,50,63H,4-7,10,13-15,22-24,31-37,39-40,42-46,48-49,51-62H2,1-3H3/b11-8-,12-9-,19-16-,20-17-,21-18-,28-25-,29-26-,30-27-,41-38-,50-47-. The van der Waals surface area contributed by atoms with Crippen molar-refractivity contribution in [2.45, 2.75) is 258 Å². The number of hydrogen-bond acceptors (Lipinski definition) is 5. The fraction of sp³-hybridized carbons (Fsp3) is 0.662. The third kappa shape index (κ3) is 56.9. The van der Waals surface area contributed by atoms with E-state index in [9.17, 15) is 9.59 Å². The van der Waals surface area contributed by atoms with Crippen LogP contribution in [0.3, 0.4) is 0 Å². The number of hydrogen-bond donors (Lipinski definition) is 0. The molecule has 0 spiro atoms. The summed E-state index contributed by atoms with van der Waals surface area (Å²) < 4.78 is 17.4. The van der Waals surface area contributed by atoms with Crippen molar-refractivity contribution >= 4 is 11.9 Å². The molecular weight excluding hydrogens is 861 g/mol. The molecular formula is C65H108O5. The highest BCUT2D eigenvalue weighted by Gasteiger charge is 2.17. The molecule has 0 fully saturated rings. The Hall–Kier alpha value is -3.70. The lowest BCUT2D eigenvalue weighted by Gasteiger charge is -2.18. The smallest absolute Gasteiger partial charge is 0.306 e. The summed E-state index contributed by atoms with van der Waals surface area (Å²) in [6.07, 6.45) is 83.7. The van der Waals surface area contributed by atoms with Crippen LogP contribution >= 0.6 is 0 Å². The summed E-state index contributed by atoms with van der Waals surface area (Å²) in [7, 11) is 0. The van der Waals surface area contributed by atoms with Crippen molar-refractivity contribution in [1.82, 2.24) is 0 Å². The third-order valence-corrected chi connectivity index (χ3v) is 12.0. The summed E-state index contributed by atoms with van der Waals surface area (Å²) in [5.41, 5.74) is 0. The molecule has 0 saturated heterocycles. The summed E-state index contributed by atoms with van der Waals surface area (Å²) in [6.45, 7) is 7.50. The second-order valence-corrected chi connectivity index (χ2v) is 18.8. The molecule has 0 amide bonds. The molecule has 0 aliphatic heterocycles. The van der Waals surface area contributed by atoms with E-state index in [1.165, 1.54) is 116 Å². The Bertz CT molecular complexity index is 1420. The maximum absolute atomic E-state index is 12.8. The Labute approximate surface area is 433 Å². The van der Waals surface area contributed by atoms with E-state index in [1.807, 2.05) is 0 Å². The van der Waals surface area contributed by atoms with Gasteiger partial charge in [0.25, 0.3) is 0 Å². The van der Waals surface area contributed by atoms with E-state index in [1.54, 1.807) is 0 Å². The van der Waals surface area contributed by atoms with Gasteiger partial charge in [0.2, 0.25) is 0 Å². The summed E-state index contributed by atoms with van der Waals surface area (Å²) >= 11 is 0. The fourth-order valence-electron chi connectivity index (χ4n) is 7.71. The summed E-state index contributed by atoms with van der Waals surface area (Å²) in [5, 5.41) is 0. The number of carbonyl (C=O) groups excluding carboxylic acids is 2. The average Bonchev–Trinajstić information content (AvgIpc) is 3.36. The highest BCUT2D eigenvalue weighted by atomic mass is 16.6. The van der Waals surface area contributed by atoms with Crippen LogP contribution in [0.1, 0.15) is 252 Å². The maximum atomic E-state index is 12.8.